The average molecular weight is 346 g/mol. The third-order valence-electron chi connectivity index (χ3n) is 5.79. The number of esters is 1. The lowest BCUT2D eigenvalue weighted by Crippen LogP contribution is -2.13. The summed E-state index contributed by atoms with van der Waals surface area (Å²) in [5, 5.41) is 0. The lowest BCUT2D eigenvalue weighted by atomic mass is 9.92. The first-order valence-corrected chi connectivity index (χ1v) is 9.35. The molecule has 0 saturated carbocycles. The van der Waals surface area contributed by atoms with Crippen molar-refractivity contribution in [3.05, 3.63) is 34.4 Å². The number of methoxy groups -OCH3 is 1. The van der Waals surface area contributed by atoms with Gasteiger partial charge in [-0.15, -0.1) is 0 Å². The van der Waals surface area contributed by atoms with Crippen molar-refractivity contribution in [2.75, 3.05) is 13.7 Å². The van der Waals surface area contributed by atoms with Crippen LogP contribution in [0, 0.1) is 0 Å². The maximum atomic E-state index is 12.1. The molecule has 4 nitrogen and oxygen atoms in total. The van der Waals surface area contributed by atoms with Crippen LogP contribution in [0.4, 0.5) is 0 Å². The molecular formula is C21H30O4. The molecule has 0 radical (unpaired) electrons. The molecule has 3 rings (SSSR count). The Kier molecular flexibility index (Phi) is 5.49. The van der Waals surface area contributed by atoms with Crippen molar-refractivity contribution in [2.45, 2.75) is 77.1 Å². The molecule has 0 aromatic rings. The van der Waals surface area contributed by atoms with Crippen LogP contribution in [-0.4, -0.2) is 37.5 Å². The zero-order chi connectivity index (χ0) is 18.0. The molecule has 3 aliphatic rings. The second-order valence-corrected chi connectivity index (χ2v) is 7.77. The fourth-order valence-electron chi connectivity index (χ4n) is 3.95. The van der Waals surface area contributed by atoms with E-state index in [2.05, 4.69) is 26.8 Å². The molecule has 25 heavy (non-hydrogen) atoms. The fourth-order valence-corrected chi connectivity index (χ4v) is 3.95. The Bertz CT molecular complexity index is 628. The molecule has 0 spiro atoms. The minimum Gasteiger partial charge on any atom is -0.466 e. The summed E-state index contributed by atoms with van der Waals surface area (Å²) >= 11 is 0. The average Bonchev–Trinajstić information content (AvgIpc) is 3.11. The molecule has 1 fully saturated rings. The van der Waals surface area contributed by atoms with Gasteiger partial charge in [0.15, 0.2) is 0 Å². The molecule has 1 aliphatic carbocycles. The maximum absolute atomic E-state index is 12.1. The molecule has 2 heterocycles. The van der Waals surface area contributed by atoms with Gasteiger partial charge in [0.2, 0.25) is 0 Å². The van der Waals surface area contributed by atoms with Crippen LogP contribution in [0.3, 0.4) is 0 Å². The Hall–Kier alpha value is -1.39. The quantitative estimate of drug-likeness (QED) is 0.404. The van der Waals surface area contributed by atoms with Gasteiger partial charge in [-0.25, -0.2) is 4.79 Å². The second-order valence-electron chi connectivity index (χ2n) is 7.77. The highest BCUT2D eigenvalue weighted by atomic mass is 16.6. The lowest BCUT2D eigenvalue weighted by Gasteiger charge is -2.15. The number of ether oxygens (including phenoxy) is 3. The number of hydrogen-bond donors (Lipinski definition) is 0. The first kappa shape index (κ1) is 18.4. The van der Waals surface area contributed by atoms with Gasteiger partial charge in [-0.3, -0.25) is 0 Å². The topological polar surface area (TPSA) is 48.1 Å². The number of carbonyl (C=O) groups excluding carboxylic acids is 1. The molecule has 4 heteroatoms. The van der Waals surface area contributed by atoms with Gasteiger partial charge in [-0.2, -0.15) is 0 Å². The molecule has 2 aliphatic heterocycles. The van der Waals surface area contributed by atoms with Crippen LogP contribution in [0.2, 0.25) is 0 Å². The van der Waals surface area contributed by atoms with Gasteiger partial charge in [-0.1, -0.05) is 17.7 Å². The van der Waals surface area contributed by atoms with E-state index in [1.165, 1.54) is 23.8 Å². The van der Waals surface area contributed by atoms with E-state index in [9.17, 15) is 4.79 Å². The number of rotatable bonds is 1. The minimum absolute atomic E-state index is 0.0341. The molecule has 3 unspecified atom stereocenters. The van der Waals surface area contributed by atoms with Gasteiger partial charge >= 0.3 is 5.97 Å². The van der Waals surface area contributed by atoms with Crippen molar-refractivity contribution in [1.29, 1.82) is 0 Å². The van der Waals surface area contributed by atoms with Crippen LogP contribution in [0.15, 0.2) is 34.4 Å². The van der Waals surface area contributed by atoms with Crippen LogP contribution in [-0.2, 0) is 19.0 Å². The molecular weight excluding hydrogens is 316 g/mol. The summed E-state index contributed by atoms with van der Waals surface area (Å²) in [6, 6.07) is 0. The fraction of sp³-hybridized carbons (Fsp3) is 0.667. The Morgan fingerprint density at radius 2 is 2.08 bits per heavy atom. The Balaban J connectivity index is 1.82. The van der Waals surface area contributed by atoms with Crippen LogP contribution < -0.4 is 0 Å². The highest BCUT2D eigenvalue weighted by molar-refractivity contribution is 5.88. The van der Waals surface area contributed by atoms with Crippen molar-refractivity contribution < 1.29 is 19.0 Å². The van der Waals surface area contributed by atoms with Crippen molar-refractivity contribution in [2.24, 2.45) is 0 Å². The Morgan fingerprint density at radius 3 is 2.84 bits per heavy atom. The second kappa shape index (κ2) is 7.46. The van der Waals surface area contributed by atoms with Crippen molar-refractivity contribution in [3.63, 3.8) is 0 Å². The van der Waals surface area contributed by atoms with E-state index in [1.54, 1.807) is 0 Å². The molecule has 0 aromatic carbocycles. The molecule has 1 saturated heterocycles. The lowest BCUT2D eigenvalue weighted by molar-refractivity contribution is -0.136. The van der Waals surface area contributed by atoms with E-state index in [-0.39, 0.29) is 17.7 Å². The van der Waals surface area contributed by atoms with Gasteiger partial charge < -0.3 is 14.2 Å². The van der Waals surface area contributed by atoms with Gasteiger partial charge in [0.25, 0.3) is 0 Å². The van der Waals surface area contributed by atoms with Crippen molar-refractivity contribution >= 4 is 5.97 Å². The molecule has 0 N–H and O–H groups in total. The number of epoxide rings is 1. The minimum atomic E-state index is -0.217. The summed E-state index contributed by atoms with van der Waals surface area (Å²) in [6.07, 6.45) is 10.1. The third kappa shape index (κ3) is 4.24. The summed E-state index contributed by atoms with van der Waals surface area (Å²) in [5.41, 5.74) is 4.71. The van der Waals surface area contributed by atoms with E-state index >= 15 is 0 Å². The Morgan fingerprint density at radius 1 is 1.28 bits per heavy atom. The summed E-state index contributed by atoms with van der Waals surface area (Å²) < 4.78 is 16.9. The smallest absolute Gasteiger partial charge is 0.333 e. The highest BCUT2D eigenvalue weighted by Gasteiger charge is 2.50. The summed E-state index contributed by atoms with van der Waals surface area (Å²) in [4.78, 5) is 12.1. The van der Waals surface area contributed by atoms with Crippen LogP contribution in [0.5, 0.6) is 0 Å². The third-order valence-corrected chi connectivity index (χ3v) is 5.79. The SMILES string of the molecule is COC(=O)C1=CCCC2(C)OC2CCC(C)=CC2OCC(C)=C2CC1. The first-order valence-electron chi connectivity index (χ1n) is 9.35. The summed E-state index contributed by atoms with van der Waals surface area (Å²) in [7, 11) is 1.45. The molecule has 138 valence electrons. The van der Waals surface area contributed by atoms with Crippen molar-refractivity contribution in [1.82, 2.24) is 0 Å². The van der Waals surface area contributed by atoms with E-state index in [0.717, 1.165) is 37.7 Å². The monoisotopic (exact) mass is 346 g/mol. The molecule has 0 aromatic heterocycles. The zero-order valence-corrected chi connectivity index (χ0v) is 15.9. The van der Waals surface area contributed by atoms with Gasteiger partial charge in [0, 0.05) is 5.57 Å². The van der Waals surface area contributed by atoms with Gasteiger partial charge in [0.1, 0.15) is 0 Å². The number of allylic oxidation sites excluding steroid dienone is 2. The van der Waals surface area contributed by atoms with E-state index in [0.29, 0.717) is 19.1 Å². The highest BCUT2D eigenvalue weighted by Crippen LogP contribution is 2.44. The van der Waals surface area contributed by atoms with Crippen LogP contribution in [0.25, 0.3) is 0 Å². The summed E-state index contributed by atoms with van der Waals surface area (Å²) in [5.74, 6) is -0.217. The number of hydrogen-bond acceptors (Lipinski definition) is 4. The van der Waals surface area contributed by atoms with E-state index in [1.807, 2.05) is 6.08 Å². The predicted molar refractivity (Wildman–Crippen MR) is 97.3 cm³/mol. The van der Waals surface area contributed by atoms with E-state index in [4.69, 9.17) is 14.2 Å². The van der Waals surface area contributed by atoms with E-state index < -0.39 is 0 Å². The van der Waals surface area contributed by atoms with Gasteiger partial charge in [-0.05, 0) is 70.4 Å². The molecule has 0 bridgehead atoms. The number of carbonyl (C=O) groups is 1. The largest absolute Gasteiger partial charge is 0.466 e. The normalized spacial score (nSPS) is 33.6. The first-order chi connectivity index (χ1) is 11.9. The zero-order valence-electron chi connectivity index (χ0n) is 15.9. The predicted octanol–water partition coefficient (Wildman–Crippen LogP) is 4.26. The molecule has 0 amide bonds. The van der Waals surface area contributed by atoms with Crippen molar-refractivity contribution in [3.8, 4) is 0 Å². The summed E-state index contributed by atoms with van der Waals surface area (Å²) in [6.45, 7) is 7.18. The standard InChI is InChI=1S/C21H30O4/c1-14-7-10-19-21(3,25-19)11-5-6-16(20(22)23-4)8-9-17-15(2)13-24-18(17)12-14/h6,12,18-19H,5,7-11,13H2,1-4H3. The maximum Gasteiger partial charge on any atom is 0.333 e. The number of fused-ring (bicyclic) bond motifs is 2. The van der Waals surface area contributed by atoms with Crippen LogP contribution in [0.1, 0.15) is 59.3 Å². The Labute approximate surface area is 150 Å². The van der Waals surface area contributed by atoms with Gasteiger partial charge in [0.05, 0.1) is 31.5 Å². The van der Waals surface area contributed by atoms with Crippen LogP contribution >= 0.6 is 0 Å². The molecule has 3 atom stereocenters.